The van der Waals surface area contributed by atoms with Gasteiger partial charge in [0, 0.05) is 0 Å². The molecule has 1 atom stereocenters. The van der Waals surface area contributed by atoms with Gasteiger partial charge in [-0.05, 0) is 38.0 Å². The van der Waals surface area contributed by atoms with Gasteiger partial charge in [0.1, 0.15) is 6.07 Å². The second kappa shape index (κ2) is 6.17. The summed E-state index contributed by atoms with van der Waals surface area (Å²) in [6.07, 6.45) is 2.85. The summed E-state index contributed by atoms with van der Waals surface area (Å²) in [6.45, 7) is 8.54. The van der Waals surface area contributed by atoms with Gasteiger partial charge in [0.15, 0.2) is 13.9 Å². The molecule has 0 aliphatic rings. The summed E-state index contributed by atoms with van der Waals surface area (Å²) in [6, 6.07) is 12.4. The first-order chi connectivity index (χ1) is 8.43. The average molecular weight is 261 g/mol. The fraction of sp³-hybridized carbons (Fsp3) is 0.533. The molecule has 1 aromatic rings. The van der Waals surface area contributed by atoms with Crippen molar-refractivity contribution in [2.24, 2.45) is 0 Å². The lowest BCUT2D eigenvalue weighted by Crippen LogP contribution is -2.39. The van der Waals surface area contributed by atoms with Gasteiger partial charge in [0.2, 0.25) is 0 Å². The normalized spacial score (nSPS) is 14.8. The van der Waals surface area contributed by atoms with Crippen LogP contribution in [0.5, 0.6) is 0 Å². The highest BCUT2D eigenvalue weighted by molar-refractivity contribution is 6.69. The van der Waals surface area contributed by atoms with E-state index in [-0.39, 0.29) is 0 Å². The molecule has 3 heteroatoms. The zero-order valence-corrected chi connectivity index (χ0v) is 12.9. The van der Waals surface area contributed by atoms with Crippen LogP contribution in [0.2, 0.25) is 19.6 Å². The van der Waals surface area contributed by atoms with Crippen LogP contribution < -0.4 is 0 Å². The van der Waals surface area contributed by atoms with Crippen molar-refractivity contribution in [1.82, 2.24) is 0 Å². The topological polar surface area (TPSA) is 33.0 Å². The summed E-state index contributed by atoms with van der Waals surface area (Å²) in [5.41, 5.74) is 0.227. The predicted octanol–water partition coefficient (Wildman–Crippen LogP) is 4.45. The maximum atomic E-state index is 9.67. The van der Waals surface area contributed by atoms with Gasteiger partial charge in [-0.3, -0.25) is 0 Å². The van der Waals surface area contributed by atoms with E-state index in [2.05, 4.69) is 32.6 Å². The Balaban J connectivity index is 3.11. The summed E-state index contributed by atoms with van der Waals surface area (Å²) in [5, 5.41) is 9.67. The summed E-state index contributed by atoms with van der Waals surface area (Å²) in [4.78, 5) is 0. The maximum Gasteiger partial charge on any atom is 0.186 e. The first kappa shape index (κ1) is 14.9. The van der Waals surface area contributed by atoms with Crippen molar-refractivity contribution in [2.75, 3.05) is 0 Å². The highest BCUT2D eigenvalue weighted by Gasteiger charge is 2.37. The summed E-state index contributed by atoms with van der Waals surface area (Å²) >= 11 is 0. The molecule has 1 rings (SSSR count). The Morgan fingerprint density at radius 2 is 1.83 bits per heavy atom. The number of unbranched alkanes of at least 4 members (excludes halogenated alkanes) is 1. The highest BCUT2D eigenvalue weighted by Crippen LogP contribution is 2.34. The summed E-state index contributed by atoms with van der Waals surface area (Å²) < 4.78 is 6.24. The molecule has 2 nitrogen and oxygen atoms in total. The predicted molar refractivity (Wildman–Crippen MR) is 77.7 cm³/mol. The molecular formula is C15H23NOSi. The van der Waals surface area contributed by atoms with Crippen molar-refractivity contribution in [3.05, 3.63) is 35.9 Å². The minimum absolute atomic E-state index is 0.762. The average Bonchev–Trinajstić information content (AvgIpc) is 2.34. The van der Waals surface area contributed by atoms with Gasteiger partial charge in [-0.15, -0.1) is 0 Å². The van der Waals surface area contributed by atoms with E-state index in [4.69, 9.17) is 4.43 Å². The van der Waals surface area contributed by atoms with Crippen molar-refractivity contribution in [3.63, 3.8) is 0 Å². The van der Waals surface area contributed by atoms with E-state index in [0.717, 1.165) is 24.8 Å². The number of nitriles is 1. The van der Waals surface area contributed by atoms with E-state index in [9.17, 15) is 5.26 Å². The molecule has 0 fully saturated rings. The van der Waals surface area contributed by atoms with Gasteiger partial charge in [0.25, 0.3) is 0 Å². The molecule has 0 unspecified atom stereocenters. The van der Waals surface area contributed by atoms with Crippen molar-refractivity contribution in [2.45, 2.75) is 51.4 Å². The zero-order valence-electron chi connectivity index (χ0n) is 11.9. The van der Waals surface area contributed by atoms with Gasteiger partial charge >= 0.3 is 0 Å². The third-order valence-electron chi connectivity index (χ3n) is 2.78. The Bertz CT molecular complexity index is 405. The zero-order chi connectivity index (χ0) is 13.6. The van der Waals surface area contributed by atoms with Crippen LogP contribution in [0.4, 0.5) is 0 Å². The van der Waals surface area contributed by atoms with E-state index in [1.54, 1.807) is 0 Å². The van der Waals surface area contributed by atoms with Crippen LogP contribution in [0.3, 0.4) is 0 Å². The molecule has 0 aliphatic carbocycles. The first-order valence-electron chi connectivity index (χ1n) is 6.60. The third kappa shape index (κ3) is 3.97. The standard InChI is InChI=1S/C15H23NOSi/c1-5-6-12-15(13-16,17-18(2,3)4)14-10-8-7-9-11-14/h7-11H,5-6,12H2,1-4H3/t15-/m1/s1. The number of nitrogens with zero attached hydrogens (tertiary/aromatic N) is 1. The maximum absolute atomic E-state index is 9.67. The second-order valence-corrected chi connectivity index (χ2v) is 10.1. The van der Waals surface area contributed by atoms with Crippen LogP contribution in [0.1, 0.15) is 31.7 Å². The second-order valence-electron chi connectivity index (χ2n) is 5.62. The number of rotatable bonds is 6. The van der Waals surface area contributed by atoms with Crippen LogP contribution >= 0.6 is 0 Å². The Morgan fingerprint density at radius 3 is 2.28 bits per heavy atom. The number of hydrogen-bond donors (Lipinski definition) is 0. The van der Waals surface area contributed by atoms with Crippen molar-refractivity contribution in [1.29, 1.82) is 5.26 Å². The van der Waals surface area contributed by atoms with Crippen LogP contribution in [0, 0.1) is 11.3 Å². The summed E-state index contributed by atoms with van der Waals surface area (Å²) in [7, 11) is -1.77. The smallest absolute Gasteiger partial charge is 0.186 e. The lowest BCUT2D eigenvalue weighted by molar-refractivity contribution is 0.106. The molecule has 0 amide bonds. The largest absolute Gasteiger partial charge is 0.396 e. The molecular weight excluding hydrogens is 238 g/mol. The Kier molecular flexibility index (Phi) is 5.12. The summed E-state index contributed by atoms with van der Waals surface area (Å²) in [5.74, 6) is 0. The molecule has 0 bridgehead atoms. The molecule has 0 spiro atoms. The lowest BCUT2D eigenvalue weighted by atomic mass is 9.90. The van der Waals surface area contributed by atoms with Crippen LogP contribution in [-0.2, 0) is 10.0 Å². The van der Waals surface area contributed by atoms with Crippen molar-refractivity contribution >= 4 is 8.32 Å². The minimum Gasteiger partial charge on any atom is -0.396 e. The number of benzene rings is 1. The van der Waals surface area contributed by atoms with Crippen LogP contribution in [-0.4, -0.2) is 8.32 Å². The molecule has 0 aliphatic heterocycles. The molecule has 0 saturated heterocycles. The van der Waals surface area contributed by atoms with Gasteiger partial charge < -0.3 is 4.43 Å². The highest BCUT2D eigenvalue weighted by atomic mass is 28.4. The van der Waals surface area contributed by atoms with E-state index in [1.807, 2.05) is 30.3 Å². The lowest BCUT2D eigenvalue weighted by Gasteiger charge is -2.34. The molecule has 1 aromatic carbocycles. The quantitative estimate of drug-likeness (QED) is 0.709. The van der Waals surface area contributed by atoms with E-state index in [0.29, 0.717) is 0 Å². The molecule has 0 N–H and O–H groups in total. The van der Waals surface area contributed by atoms with Crippen LogP contribution in [0.25, 0.3) is 0 Å². The fourth-order valence-electron chi connectivity index (χ4n) is 2.05. The third-order valence-corrected chi connectivity index (χ3v) is 3.74. The van der Waals surface area contributed by atoms with Gasteiger partial charge in [-0.25, -0.2) is 0 Å². The van der Waals surface area contributed by atoms with Crippen molar-refractivity contribution in [3.8, 4) is 6.07 Å². The SMILES string of the molecule is CCCC[C@](C#N)(O[Si](C)(C)C)c1ccccc1. The molecule has 0 radical (unpaired) electrons. The monoisotopic (exact) mass is 261 g/mol. The molecule has 0 heterocycles. The Hall–Kier alpha value is -1.11. The first-order valence-corrected chi connectivity index (χ1v) is 10.0. The fourth-order valence-corrected chi connectivity index (χ4v) is 3.36. The number of hydrogen-bond acceptors (Lipinski definition) is 2. The molecule has 18 heavy (non-hydrogen) atoms. The van der Waals surface area contributed by atoms with E-state index < -0.39 is 13.9 Å². The van der Waals surface area contributed by atoms with Gasteiger partial charge in [0.05, 0.1) is 0 Å². The Morgan fingerprint density at radius 1 is 1.22 bits per heavy atom. The van der Waals surface area contributed by atoms with Crippen molar-refractivity contribution < 1.29 is 4.43 Å². The molecule has 0 aromatic heterocycles. The van der Waals surface area contributed by atoms with Crippen LogP contribution in [0.15, 0.2) is 30.3 Å². The minimum atomic E-state index is -1.77. The van der Waals surface area contributed by atoms with E-state index >= 15 is 0 Å². The Labute approximate surface area is 112 Å². The van der Waals surface area contributed by atoms with E-state index in [1.165, 1.54) is 0 Å². The molecule has 98 valence electrons. The van der Waals surface area contributed by atoms with Gasteiger partial charge in [-0.1, -0.05) is 43.7 Å². The van der Waals surface area contributed by atoms with Gasteiger partial charge in [-0.2, -0.15) is 5.26 Å². The molecule has 0 saturated carbocycles.